The molecule has 0 spiro atoms. The van der Waals surface area contributed by atoms with E-state index in [1.54, 1.807) is 12.1 Å². The number of carbonyl (C=O) groups is 1. The van der Waals surface area contributed by atoms with Gasteiger partial charge < -0.3 is 15.0 Å². The first-order valence-corrected chi connectivity index (χ1v) is 11.4. The summed E-state index contributed by atoms with van der Waals surface area (Å²) in [6, 6.07) is 10.4. The van der Waals surface area contributed by atoms with Gasteiger partial charge in [-0.2, -0.15) is 0 Å². The van der Waals surface area contributed by atoms with Gasteiger partial charge in [0.1, 0.15) is 0 Å². The van der Waals surface area contributed by atoms with E-state index in [4.69, 9.17) is 9.88 Å². The average molecular weight is 449 g/mol. The number of ether oxygens (including phenoxy) is 1. The van der Waals surface area contributed by atoms with Crippen LogP contribution in [0.2, 0.25) is 0 Å². The average Bonchev–Trinajstić information content (AvgIpc) is 3.01. The van der Waals surface area contributed by atoms with Crippen molar-refractivity contribution in [2.24, 2.45) is 5.14 Å². The van der Waals surface area contributed by atoms with Crippen LogP contribution in [-0.4, -0.2) is 38.9 Å². The number of hydrogen-bond acceptors (Lipinski definition) is 7. The minimum Gasteiger partial charge on any atom is -0.477 e. The summed E-state index contributed by atoms with van der Waals surface area (Å²) in [4.78, 5) is 24.5. The number of amides is 1. The topological polar surface area (TPSA) is 145 Å². The van der Waals surface area contributed by atoms with Crippen molar-refractivity contribution in [1.82, 2.24) is 0 Å². The van der Waals surface area contributed by atoms with Crippen molar-refractivity contribution < 1.29 is 22.9 Å². The number of primary sulfonamides is 1. The molecule has 11 heteroatoms. The van der Waals surface area contributed by atoms with Gasteiger partial charge in [-0.25, -0.2) is 13.6 Å². The van der Waals surface area contributed by atoms with Crippen LogP contribution in [0.25, 0.3) is 0 Å². The first-order valence-electron chi connectivity index (χ1n) is 9.83. The lowest BCUT2D eigenvalue weighted by Gasteiger charge is -2.22. The minimum absolute atomic E-state index is 0.232. The van der Waals surface area contributed by atoms with Gasteiger partial charge in [0.15, 0.2) is 12.4 Å². The zero-order chi connectivity index (χ0) is 22.4. The summed E-state index contributed by atoms with van der Waals surface area (Å²) in [5, 5.41) is 18.9. The molecule has 1 saturated heterocycles. The molecular weight excluding hydrogens is 424 g/mol. The summed E-state index contributed by atoms with van der Waals surface area (Å²) < 4.78 is 28.0. The Morgan fingerprint density at radius 3 is 2.32 bits per heavy atom. The summed E-state index contributed by atoms with van der Waals surface area (Å²) in [7, 11) is -4.10. The Balaban J connectivity index is 1.60. The molecule has 0 saturated carbocycles. The molecule has 1 aliphatic heterocycles. The number of nitrogens with zero attached hydrogens (tertiary/aromatic N) is 2. The molecule has 0 unspecified atom stereocenters. The molecule has 0 aliphatic carbocycles. The van der Waals surface area contributed by atoms with Gasteiger partial charge in [-0.05, 0) is 49.2 Å². The highest BCUT2D eigenvalue weighted by Crippen LogP contribution is 2.29. The van der Waals surface area contributed by atoms with E-state index in [9.17, 15) is 23.3 Å². The Kier molecular flexibility index (Phi) is 7.08. The largest absolute Gasteiger partial charge is 0.477 e. The Bertz CT molecular complexity index is 1050. The number of carbonyl (C=O) groups excluding carboxylic acids is 1. The van der Waals surface area contributed by atoms with Crippen LogP contribution < -0.4 is 20.1 Å². The quantitative estimate of drug-likeness (QED) is 0.489. The van der Waals surface area contributed by atoms with E-state index < -0.39 is 38.0 Å². The van der Waals surface area contributed by atoms with Gasteiger partial charge in [0.05, 0.1) is 9.82 Å². The van der Waals surface area contributed by atoms with Gasteiger partial charge in [0, 0.05) is 30.5 Å². The maximum Gasteiger partial charge on any atom is 0.312 e. The fraction of sp³-hybridized carbons (Fsp3) is 0.350. The van der Waals surface area contributed by atoms with Crippen LogP contribution in [0.1, 0.15) is 25.7 Å². The number of anilines is 2. The molecule has 1 amide bonds. The Morgan fingerprint density at radius 2 is 1.74 bits per heavy atom. The Morgan fingerprint density at radius 1 is 1.10 bits per heavy atom. The van der Waals surface area contributed by atoms with Gasteiger partial charge in [0.2, 0.25) is 10.0 Å². The zero-order valence-electron chi connectivity index (χ0n) is 16.8. The number of nitrogens with two attached hydrogens (primary N) is 1. The number of benzene rings is 2. The lowest BCUT2D eigenvalue weighted by molar-refractivity contribution is -0.386. The molecule has 0 radical (unpaired) electrons. The molecule has 0 aromatic heterocycles. The van der Waals surface area contributed by atoms with Crippen molar-refractivity contribution in [2.45, 2.75) is 30.6 Å². The fourth-order valence-corrected chi connectivity index (χ4v) is 3.90. The molecule has 0 atom stereocenters. The zero-order valence-corrected chi connectivity index (χ0v) is 17.6. The monoisotopic (exact) mass is 448 g/mol. The van der Waals surface area contributed by atoms with Gasteiger partial charge in [-0.15, -0.1) is 0 Å². The lowest BCUT2D eigenvalue weighted by Crippen LogP contribution is -2.24. The Labute approximate surface area is 180 Å². The van der Waals surface area contributed by atoms with Gasteiger partial charge in [0.25, 0.3) is 5.91 Å². The van der Waals surface area contributed by atoms with Crippen molar-refractivity contribution in [3.63, 3.8) is 0 Å². The molecule has 10 nitrogen and oxygen atoms in total. The maximum absolute atomic E-state index is 12.2. The number of rotatable bonds is 7. The first-order chi connectivity index (χ1) is 14.7. The van der Waals surface area contributed by atoms with Crippen LogP contribution >= 0.6 is 0 Å². The maximum atomic E-state index is 12.2. The number of hydrogen-bond donors (Lipinski definition) is 2. The van der Waals surface area contributed by atoms with E-state index in [1.807, 2.05) is 12.1 Å². The highest BCUT2D eigenvalue weighted by atomic mass is 32.2. The van der Waals surface area contributed by atoms with E-state index >= 15 is 0 Å². The van der Waals surface area contributed by atoms with Crippen molar-refractivity contribution in [2.75, 3.05) is 29.9 Å². The van der Waals surface area contributed by atoms with Gasteiger partial charge >= 0.3 is 5.69 Å². The van der Waals surface area contributed by atoms with Crippen LogP contribution in [-0.2, 0) is 14.8 Å². The molecule has 3 rings (SSSR count). The van der Waals surface area contributed by atoms with Gasteiger partial charge in [-0.3, -0.25) is 14.9 Å². The lowest BCUT2D eigenvalue weighted by atomic mass is 10.2. The van der Waals surface area contributed by atoms with E-state index in [1.165, 1.54) is 25.7 Å². The van der Waals surface area contributed by atoms with Gasteiger partial charge in [-0.1, -0.05) is 12.8 Å². The van der Waals surface area contributed by atoms with Crippen molar-refractivity contribution in [3.05, 3.63) is 52.6 Å². The third-order valence-corrected chi connectivity index (χ3v) is 5.85. The van der Waals surface area contributed by atoms with Crippen LogP contribution in [0.3, 0.4) is 0 Å². The molecule has 1 heterocycles. The van der Waals surface area contributed by atoms with E-state index in [2.05, 4.69) is 10.2 Å². The first kappa shape index (κ1) is 22.5. The highest BCUT2D eigenvalue weighted by Gasteiger charge is 2.21. The standard InChI is InChI=1S/C20H24N4O6S/c21-31(28,29)17-9-10-19(18(13-17)24(26)27)30-14-20(25)22-15-5-7-16(8-6-15)23-11-3-1-2-4-12-23/h5-10,13H,1-4,11-12,14H2,(H,22,25)(H2,21,28,29). The summed E-state index contributed by atoms with van der Waals surface area (Å²) in [6.07, 6.45) is 4.82. The molecule has 3 N–H and O–H groups in total. The van der Waals surface area contributed by atoms with Crippen LogP contribution in [0.4, 0.5) is 17.1 Å². The van der Waals surface area contributed by atoms with Crippen LogP contribution in [0, 0.1) is 10.1 Å². The molecule has 1 fully saturated rings. The number of sulfonamides is 1. The highest BCUT2D eigenvalue weighted by molar-refractivity contribution is 7.89. The predicted octanol–water partition coefficient (Wildman–Crippen LogP) is 2.64. The van der Waals surface area contributed by atoms with Crippen molar-refractivity contribution in [3.8, 4) is 5.75 Å². The van der Waals surface area contributed by atoms with Crippen LogP contribution in [0.15, 0.2) is 47.4 Å². The second-order valence-corrected chi connectivity index (χ2v) is 8.78. The second kappa shape index (κ2) is 9.75. The number of nitrogens with one attached hydrogen (secondary N) is 1. The van der Waals surface area contributed by atoms with Crippen LogP contribution in [0.5, 0.6) is 5.75 Å². The molecular formula is C20H24N4O6S. The molecule has 2 aromatic rings. The molecule has 1 aliphatic rings. The predicted molar refractivity (Wildman–Crippen MR) is 116 cm³/mol. The second-order valence-electron chi connectivity index (χ2n) is 7.22. The number of nitro groups is 1. The van der Waals surface area contributed by atoms with E-state index in [-0.39, 0.29) is 5.75 Å². The smallest absolute Gasteiger partial charge is 0.312 e. The third kappa shape index (κ3) is 6.15. The minimum atomic E-state index is -4.10. The van der Waals surface area contributed by atoms with E-state index in [0.29, 0.717) is 5.69 Å². The summed E-state index contributed by atoms with van der Waals surface area (Å²) in [5.74, 6) is -0.739. The van der Waals surface area contributed by atoms with Crippen molar-refractivity contribution >= 4 is 33.0 Å². The summed E-state index contributed by atoms with van der Waals surface area (Å²) >= 11 is 0. The fourth-order valence-electron chi connectivity index (χ4n) is 3.36. The van der Waals surface area contributed by atoms with Crippen molar-refractivity contribution in [1.29, 1.82) is 0 Å². The summed E-state index contributed by atoms with van der Waals surface area (Å²) in [6.45, 7) is 1.55. The normalized spacial score (nSPS) is 14.5. The van der Waals surface area contributed by atoms with E-state index in [0.717, 1.165) is 37.0 Å². The molecule has 2 aromatic carbocycles. The Hall–Kier alpha value is -3.18. The third-order valence-electron chi connectivity index (χ3n) is 4.94. The number of nitro benzene ring substituents is 1. The molecule has 166 valence electrons. The molecule has 0 bridgehead atoms. The summed E-state index contributed by atoms with van der Waals surface area (Å²) in [5.41, 5.74) is 1.08. The SMILES string of the molecule is NS(=O)(=O)c1ccc(OCC(=O)Nc2ccc(N3CCCCCC3)cc2)c([N+](=O)[O-])c1. The molecule has 31 heavy (non-hydrogen) atoms.